The summed E-state index contributed by atoms with van der Waals surface area (Å²) < 4.78 is 16.6. The zero-order valence-electron chi connectivity index (χ0n) is 16.4. The van der Waals surface area contributed by atoms with Gasteiger partial charge >= 0.3 is 5.97 Å². The fourth-order valence-electron chi connectivity index (χ4n) is 2.64. The van der Waals surface area contributed by atoms with Gasteiger partial charge in [-0.1, -0.05) is 30.4 Å². The molecule has 0 saturated carbocycles. The third-order valence-electron chi connectivity index (χ3n) is 3.97. The highest BCUT2D eigenvalue weighted by molar-refractivity contribution is 5.96. The molecule has 1 amide bonds. The first-order valence-electron chi connectivity index (χ1n) is 9.04. The van der Waals surface area contributed by atoms with Gasteiger partial charge in [0.2, 0.25) is 5.76 Å². The smallest absolute Gasteiger partial charge is 0.375 e. The molecular formula is C21H27NO5. The second-order valence-corrected chi connectivity index (χ2v) is 6.71. The Morgan fingerprint density at radius 3 is 2.59 bits per heavy atom. The maximum atomic E-state index is 12.6. The maximum Gasteiger partial charge on any atom is 0.375 e. The van der Waals surface area contributed by atoms with E-state index < -0.39 is 5.97 Å². The highest BCUT2D eigenvalue weighted by Crippen LogP contribution is 2.27. The van der Waals surface area contributed by atoms with Gasteiger partial charge in [-0.05, 0) is 33.8 Å². The second-order valence-electron chi connectivity index (χ2n) is 6.71. The highest BCUT2D eigenvalue weighted by Gasteiger charge is 2.23. The molecule has 27 heavy (non-hydrogen) atoms. The Balaban J connectivity index is 2.15. The summed E-state index contributed by atoms with van der Waals surface area (Å²) in [6, 6.07) is 7.34. The number of nitrogens with zero attached hydrogens (tertiary/aromatic N) is 1. The van der Waals surface area contributed by atoms with E-state index in [9.17, 15) is 9.59 Å². The van der Waals surface area contributed by atoms with E-state index in [4.69, 9.17) is 13.9 Å². The SMILES string of the molecule is C=C(C)CN(CC)C(=O)COC(=O)c1oc2ccccc2c1COC(C)C. The van der Waals surface area contributed by atoms with Crippen LogP contribution in [-0.2, 0) is 20.9 Å². The number of hydrogen-bond acceptors (Lipinski definition) is 5. The number of carbonyl (C=O) groups excluding carboxylic acids is 2. The van der Waals surface area contributed by atoms with Crippen molar-refractivity contribution in [2.45, 2.75) is 40.4 Å². The number of rotatable bonds is 9. The molecule has 0 saturated heterocycles. The van der Waals surface area contributed by atoms with Crippen LogP contribution in [0.15, 0.2) is 40.8 Å². The number of fused-ring (bicyclic) bond motifs is 1. The number of esters is 1. The summed E-state index contributed by atoms with van der Waals surface area (Å²) in [5.41, 5.74) is 2.07. The standard InChI is InChI=1S/C21H27NO5/c1-6-22(11-14(2)3)19(23)13-26-21(24)20-17(12-25-15(4)5)16-9-7-8-10-18(16)27-20/h7-10,15H,2,6,11-13H2,1,3-5H3. The number of hydrogen-bond donors (Lipinski definition) is 0. The van der Waals surface area contributed by atoms with Crippen LogP contribution in [0.2, 0.25) is 0 Å². The first-order valence-corrected chi connectivity index (χ1v) is 9.04. The maximum absolute atomic E-state index is 12.6. The van der Waals surface area contributed by atoms with Crippen LogP contribution in [0.1, 0.15) is 43.8 Å². The van der Waals surface area contributed by atoms with Gasteiger partial charge in [0.05, 0.1) is 12.7 Å². The molecule has 0 aliphatic rings. The van der Waals surface area contributed by atoms with Gasteiger partial charge in [0.25, 0.3) is 5.91 Å². The third-order valence-corrected chi connectivity index (χ3v) is 3.97. The monoisotopic (exact) mass is 373 g/mol. The van der Waals surface area contributed by atoms with Crippen molar-refractivity contribution in [3.63, 3.8) is 0 Å². The van der Waals surface area contributed by atoms with Crippen molar-refractivity contribution in [1.82, 2.24) is 4.90 Å². The molecular weight excluding hydrogens is 346 g/mol. The Labute approximate surface area is 159 Å². The van der Waals surface area contributed by atoms with Crippen LogP contribution in [0.25, 0.3) is 11.0 Å². The summed E-state index contributed by atoms with van der Waals surface area (Å²) in [7, 11) is 0. The molecule has 0 spiro atoms. The first-order chi connectivity index (χ1) is 12.8. The fourth-order valence-corrected chi connectivity index (χ4v) is 2.64. The minimum absolute atomic E-state index is 0.00404. The molecule has 0 fully saturated rings. The van der Waals surface area contributed by atoms with Crippen molar-refractivity contribution in [1.29, 1.82) is 0 Å². The number of amides is 1. The lowest BCUT2D eigenvalue weighted by Gasteiger charge is -2.20. The predicted octanol–water partition coefficient (Wildman–Crippen LogP) is 3.94. The van der Waals surface area contributed by atoms with Gasteiger partial charge < -0.3 is 18.8 Å². The number of para-hydroxylation sites is 1. The van der Waals surface area contributed by atoms with Crippen molar-refractivity contribution in [3.8, 4) is 0 Å². The summed E-state index contributed by atoms with van der Waals surface area (Å²) in [5, 5.41) is 0.800. The van der Waals surface area contributed by atoms with Crippen molar-refractivity contribution in [3.05, 3.63) is 47.7 Å². The van der Waals surface area contributed by atoms with Crippen LogP contribution in [0.5, 0.6) is 0 Å². The predicted molar refractivity (Wildman–Crippen MR) is 103 cm³/mol. The van der Waals surface area contributed by atoms with Crippen LogP contribution in [0.4, 0.5) is 0 Å². The van der Waals surface area contributed by atoms with Crippen LogP contribution >= 0.6 is 0 Å². The van der Waals surface area contributed by atoms with Gasteiger partial charge in [-0.3, -0.25) is 4.79 Å². The molecule has 146 valence electrons. The Morgan fingerprint density at radius 2 is 1.96 bits per heavy atom. The summed E-state index contributed by atoms with van der Waals surface area (Å²) in [5.74, 6) is -0.870. The molecule has 0 radical (unpaired) electrons. The molecule has 0 atom stereocenters. The van der Waals surface area contributed by atoms with E-state index >= 15 is 0 Å². The lowest BCUT2D eigenvalue weighted by molar-refractivity contribution is -0.134. The van der Waals surface area contributed by atoms with Gasteiger partial charge in [0, 0.05) is 24.0 Å². The summed E-state index contributed by atoms with van der Waals surface area (Å²) >= 11 is 0. The van der Waals surface area contributed by atoms with Crippen LogP contribution < -0.4 is 0 Å². The number of carbonyl (C=O) groups is 2. The van der Waals surface area contributed by atoms with E-state index in [0.29, 0.717) is 24.2 Å². The van der Waals surface area contributed by atoms with E-state index in [1.807, 2.05) is 45.9 Å². The molecule has 1 heterocycles. The Morgan fingerprint density at radius 1 is 1.26 bits per heavy atom. The zero-order chi connectivity index (χ0) is 20.0. The first kappa shape index (κ1) is 20.7. The molecule has 0 bridgehead atoms. The molecule has 0 aliphatic heterocycles. The van der Waals surface area contributed by atoms with Gasteiger partial charge in [-0.15, -0.1) is 0 Å². The molecule has 1 aromatic carbocycles. The van der Waals surface area contributed by atoms with Crippen molar-refractivity contribution in [2.24, 2.45) is 0 Å². The van der Waals surface area contributed by atoms with E-state index in [-0.39, 0.29) is 31.0 Å². The molecule has 0 unspecified atom stereocenters. The number of benzene rings is 1. The highest BCUT2D eigenvalue weighted by atomic mass is 16.5. The summed E-state index contributed by atoms with van der Waals surface area (Å²) in [4.78, 5) is 26.4. The molecule has 0 aliphatic carbocycles. The molecule has 1 aromatic heterocycles. The number of furan rings is 1. The van der Waals surface area contributed by atoms with E-state index in [2.05, 4.69) is 6.58 Å². The normalized spacial score (nSPS) is 11.0. The average Bonchev–Trinajstić information content (AvgIpc) is 3.00. The van der Waals surface area contributed by atoms with Gasteiger partial charge in [-0.2, -0.15) is 0 Å². The Bertz CT molecular complexity index is 821. The second kappa shape index (κ2) is 9.37. The zero-order valence-corrected chi connectivity index (χ0v) is 16.4. The van der Waals surface area contributed by atoms with Crippen LogP contribution in [0.3, 0.4) is 0 Å². The van der Waals surface area contributed by atoms with Crippen LogP contribution in [-0.4, -0.2) is 42.6 Å². The van der Waals surface area contributed by atoms with E-state index in [1.165, 1.54) is 0 Å². The molecule has 2 rings (SSSR count). The lowest BCUT2D eigenvalue weighted by Crippen LogP contribution is -2.35. The minimum Gasteiger partial charge on any atom is -0.450 e. The topological polar surface area (TPSA) is 69.0 Å². The molecule has 6 heteroatoms. The van der Waals surface area contributed by atoms with Crippen molar-refractivity contribution < 1.29 is 23.5 Å². The van der Waals surface area contributed by atoms with Gasteiger partial charge in [-0.25, -0.2) is 4.79 Å². The lowest BCUT2D eigenvalue weighted by atomic mass is 10.1. The van der Waals surface area contributed by atoms with Gasteiger partial charge in [0.1, 0.15) is 5.58 Å². The fraction of sp³-hybridized carbons (Fsp3) is 0.429. The Hall–Kier alpha value is -2.60. The van der Waals surface area contributed by atoms with Crippen molar-refractivity contribution in [2.75, 3.05) is 19.7 Å². The van der Waals surface area contributed by atoms with Crippen molar-refractivity contribution >= 4 is 22.8 Å². The average molecular weight is 373 g/mol. The van der Waals surface area contributed by atoms with Crippen LogP contribution in [0, 0.1) is 0 Å². The Kier molecular flexibility index (Phi) is 7.19. The van der Waals surface area contributed by atoms with Gasteiger partial charge in [0.15, 0.2) is 6.61 Å². The molecule has 6 nitrogen and oxygen atoms in total. The quantitative estimate of drug-likeness (QED) is 0.492. The number of likely N-dealkylation sites (N-methyl/N-ethyl adjacent to an activating group) is 1. The third kappa shape index (κ3) is 5.44. The summed E-state index contributed by atoms with van der Waals surface area (Å²) in [6.45, 7) is 12.2. The molecule has 0 N–H and O–H groups in total. The van der Waals surface area contributed by atoms with E-state index in [0.717, 1.165) is 11.0 Å². The minimum atomic E-state index is -0.673. The van der Waals surface area contributed by atoms with E-state index in [1.54, 1.807) is 11.0 Å². The largest absolute Gasteiger partial charge is 0.450 e. The molecule has 2 aromatic rings. The summed E-state index contributed by atoms with van der Waals surface area (Å²) in [6.07, 6.45) is 0.00404. The number of ether oxygens (including phenoxy) is 2.